The monoisotopic (exact) mass is 201 g/mol. The molecule has 0 fully saturated rings. The molecule has 0 spiro atoms. The molecule has 1 N–H and O–H groups in total. The number of nitrogens with one attached hydrogen (secondary N) is 1. The van der Waals surface area contributed by atoms with Gasteiger partial charge in [-0.2, -0.15) is 0 Å². The first kappa shape index (κ1) is 13.9. The molecule has 0 aliphatic carbocycles. The Kier molecular flexibility index (Phi) is 5.68. The molecule has 0 saturated heterocycles. The van der Waals surface area contributed by atoms with Crippen molar-refractivity contribution in [3.63, 3.8) is 0 Å². The van der Waals surface area contributed by atoms with Crippen LogP contribution in [0.3, 0.4) is 0 Å². The van der Waals surface area contributed by atoms with Gasteiger partial charge in [-0.15, -0.1) is 0 Å². The molecule has 0 radical (unpaired) electrons. The normalized spacial score (nSPS) is 13.3. The third-order valence-electron chi connectivity index (χ3n) is 3.06. The smallest absolute Gasteiger partial charge is 0.0838 e. The van der Waals surface area contributed by atoms with Crippen molar-refractivity contribution in [3.05, 3.63) is 0 Å². The van der Waals surface area contributed by atoms with Crippen LogP contribution in [-0.2, 0) is 4.84 Å². The SMILES string of the molecule is CCC(C)(C)CCNOC(C)(C)CC. The zero-order chi connectivity index (χ0) is 11.2. The topological polar surface area (TPSA) is 21.3 Å². The number of hydroxylamine groups is 1. The van der Waals surface area contributed by atoms with E-state index in [1.54, 1.807) is 0 Å². The molecule has 0 atom stereocenters. The summed E-state index contributed by atoms with van der Waals surface area (Å²) in [7, 11) is 0. The van der Waals surface area contributed by atoms with E-state index in [4.69, 9.17) is 4.84 Å². The van der Waals surface area contributed by atoms with Crippen LogP contribution in [0.4, 0.5) is 0 Å². The first-order valence-corrected chi connectivity index (χ1v) is 5.74. The Balaban J connectivity index is 3.57. The molecule has 86 valence electrons. The molecule has 0 aliphatic rings. The van der Waals surface area contributed by atoms with Crippen LogP contribution in [0.2, 0.25) is 0 Å². The Morgan fingerprint density at radius 2 is 1.57 bits per heavy atom. The van der Waals surface area contributed by atoms with Gasteiger partial charge in [-0.05, 0) is 32.1 Å². The van der Waals surface area contributed by atoms with Crippen molar-refractivity contribution in [2.75, 3.05) is 6.54 Å². The van der Waals surface area contributed by atoms with Crippen molar-refractivity contribution in [2.24, 2.45) is 5.41 Å². The van der Waals surface area contributed by atoms with Gasteiger partial charge in [-0.25, -0.2) is 5.48 Å². The van der Waals surface area contributed by atoms with Crippen LogP contribution in [-0.4, -0.2) is 12.1 Å². The molecule has 0 heterocycles. The molecule has 0 unspecified atom stereocenters. The van der Waals surface area contributed by atoms with Crippen LogP contribution in [0.25, 0.3) is 0 Å². The van der Waals surface area contributed by atoms with Crippen LogP contribution in [0.15, 0.2) is 0 Å². The summed E-state index contributed by atoms with van der Waals surface area (Å²) in [5.74, 6) is 0. The molecule has 0 aliphatic heterocycles. The lowest BCUT2D eigenvalue weighted by Gasteiger charge is -2.26. The van der Waals surface area contributed by atoms with Crippen molar-refractivity contribution in [3.8, 4) is 0 Å². The Bertz CT molecular complexity index is 134. The van der Waals surface area contributed by atoms with E-state index in [9.17, 15) is 0 Å². The van der Waals surface area contributed by atoms with Gasteiger partial charge in [0.2, 0.25) is 0 Å². The first-order chi connectivity index (χ1) is 6.33. The quantitative estimate of drug-likeness (QED) is 0.502. The van der Waals surface area contributed by atoms with Gasteiger partial charge in [0.05, 0.1) is 5.60 Å². The van der Waals surface area contributed by atoms with Gasteiger partial charge < -0.3 is 0 Å². The fourth-order valence-corrected chi connectivity index (χ4v) is 0.885. The van der Waals surface area contributed by atoms with Crippen molar-refractivity contribution in [1.82, 2.24) is 5.48 Å². The lowest BCUT2D eigenvalue weighted by molar-refractivity contribution is -0.0882. The molecule has 0 saturated carbocycles. The Hall–Kier alpha value is -0.0800. The van der Waals surface area contributed by atoms with E-state index in [2.05, 4.69) is 47.0 Å². The maximum absolute atomic E-state index is 5.57. The zero-order valence-corrected chi connectivity index (χ0v) is 10.7. The van der Waals surface area contributed by atoms with Crippen molar-refractivity contribution in [1.29, 1.82) is 0 Å². The van der Waals surface area contributed by atoms with Gasteiger partial charge >= 0.3 is 0 Å². The zero-order valence-electron chi connectivity index (χ0n) is 10.7. The number of rotatable bonds is 7. The minimum Gasteiger partial charge on any atom is -0.296 e. The molecule has 0 aromatic heterocycles. The van der Waals surface area contributed by atoms with E-state index in [0.717, 1.165) is 19.4 Å². The van der Waals surface area contributed by atoms with Gasteiger partial charge in [0.1, 0.15) is 0 Å². The summed E-state index contributed by atoms with van der Waals surface area (Å²) in [6, 6.07) is 0. The second-order valence-electron chi connectivity index (χ2n) is 5.38. The lowest BCUT2D eigenvalue weighted by Crippen LogP contribution is -2.33. The van der Waals surface area contributed by atoms with E-state index in [1.165, 1.54) is 6.42 Å². The highest BCUT2D eigenvalue weighted by atomic mass is 16.7. The standard InChI is InChI=1S/C12H27NO/c1-7-11(3,4)9-10-13-14-12(5,6)8-2/h13H,7-10H2,1-6H3. The van der Waals surface area contributed by atoms with Gasteiger partial charge in [0, 0.05) is 6.54 Å². The van der Waals surface area contributed by atoms with E-state index >= 15 is 0 Å². The van der Waals surface area contributed by atoms with E-state index < -0.39 is 0 Å². The molecule has 14 heavy (non-hydrogen) atoms. The van der Waals surface area contributed by atoms with E-state index in [-0.39, 0.29) is 5.60 Å². The molecule has 0 aromatic carbocycles. The summed E-state index contributed by atoms with van der Waals surface area (Å²) in [5.41, 5.74) is 3.45. The van der Waals surface area contributed by atoms with Gasteiger partial charge in [-0.3, -0.25) is 4.84 Å². The van der Waals surface area contributed by atoms with Crippen LogP contribution < -0.4 is 5.48 Å². The average molecular weight is 201 g/mol. The van der Waals surface area contributed by atoms with Crippen molar-refractivity contribution in [2.45, 2.75) is 66.4 Å². The number of hydrogen-bond donors (Lipinski definition) is 1. The van der Waals surface area contributed by atoms with E-state index in [1.807, 2.05) is 0 Å². The van der Waals surface area contributed by atoms with Gasteiger partial charge in [-0.1, -0.05) is 34.1 Å². The van der Waals surface area contributed by atoms with Crippen LogP contribution in [0, 0.1) is 5.41 Å². The third-order valence-corrected chi connectivity index (χ3v) is 3.06. The summed E-state index contributed by atoms with van der Waals surface area (Å²) < 4.78 is 0. The predicted molar refractivity (Wildman–Crippen MR) is 62.1 cm³/mol. The van der Waals surface area contributed by atoms with Crippen LogP contribution >= 0.6 is 0 Å². The average Bonchev–Trinajstić information content (AvgIpc) is 2.13. The molecule has 0 rings (SSSR count). The minimum absolute atomic E-state index is 0.0453. The van der Waals surface area contributed by atoms with Crippen LogP contribution in [0.1, 0.15) is 60.8 Å². The molecule has 0 aromatic rings. The Labute approximate surface area is 89.4 Å². The summed E-state index contributed by atoms with van der Waals surface area (Å²) in [6.07, 6.45) is 3.40. The fraction of sp³-hybridized carbons (Fsp3) is 1.00. The van der Waals surface area contributed by atoms with Gasteiger partial charge in [0.15, 0.2) is 0 Å². The Morgan fingerprint density at radius 3 is 2.00 bits per heavy atom. The van der Waals surface area contributed by atoms with Crippen molar-refractivity contribution < 1.29 is 4.84 Å². The molecule has 2 heteroatoms. The molecule has 0 bridgehead atoms. The highest BCUT2D eigenvalue weighted by molar-refractivity contribution is 4.67. The summed E-state index contributed by atoms with van der Waals surface area (Å²) >= 11 is 0. The maximum atomic E-state index is 5.57. The molecule has 2 nitrogen and oxygen atoms in total. The Morgan fingerprint density at radius 1 is 1.00 bits per heavy atom. The summed E-state index contributed by atoms with van der Waals surface area (Å²) in [4.78, 5) is 5.57. The largest absolute Gasteiger partial charge is 0.296 e. The second-order valence-corrected chi connectivity index (χ2v) is 5.38. The van der Waals surface area contributed by atoms with Crippen molar-refractivity contribution >= 4 is 0 Å². The third kappa shape index (κ3) is 6.39. The van der Waals surface area contributed by atoms with E-state index in [0.29, 0.717) is 5.41 Å². The first-order valence-electron chi connectivity index (χ1n) is 5.74. The number of hydrogen-bond acceptors (Lipinski definition) is 2. The predicted octanol–water partition coefficient (Wildman–Crippen LogP) is 3.52. The highest BCUT2D eigenvalue weighted by Gasteiger charge is 2.17. The summed E-state index contributed by atoms with van der Waals surface area (Å²) in [5, 5.41) is 0. The lowest BCUT2D eigenvalue weighted by atomic mass is 9.87. The van der Waals surface area contributed by atoms with Crippen LogP contribution in [0.5, 0.6) is 0 Å². The summed E-state index contributed by atoms with van der Waals surface area (Å²) in [6.45, 7) is 14.1. The molecule has 0 amide bonds. The minimum atomic E-state index is -0.0453. The second kappa shape index (κ2) is 5.72. The highest BCUT2D eigenvalue weighted by Crippen LogP contribution is 2.23. The fourth-order valence-electron chi connectivity index (χ4n) is 0.885. The van der Waals surface area contributed by atoms with Gasteiger partial charge in [0.25, 0.3) is 0 Å². The molecular weight excluding hydrogens is 174 g/mol. The maximum Gasteiger partial charge on any atom is 0.0838 e. The molecular formula is C12H27NO.